The van der Waals surface area contributed by atoms with E-state index in [2.05, 4.69) is 10.6 Å². The van der Waals surface area contributed by atoms with Crippen molar-refractivity contribution in [3.63, 3.8) is 0 Å². The molecular formula is C15H20ClFN3O3+. The Morgan fingerprint density at radius 3 is 2.70 bits per heavy atom. The number of morpholine rings is 1. The third-order valence-corrected chi connectivity index (χ3v) is 3.87. The Labute approximate surface area is 138 Å². The Hall–Kier alpha value is -1.70. The van der Waals surface area contributed by atoms with Crippen LogP contribution < -0.4 is 15.5 Å². The van der Waals surface area contributed by atoms with Crippen LogP contribution in [-0.4, -0.2) is 51.2 Å². The van der Waals surface area contributed by atoms with Crippen LogP contribution in [0.1, 0.15) is 6.42 Å². The first-order valence-corrected chi connectivity index (χ1v) is 7.89. The van der Waals surface area contributed by atoms with Gasteiger partial charge in [-0.1, -0.05) is 11.6 Å². The number of carbonyl (C=O) groups excluding carboxylic acids is 2. The number of hydrogen-bond donors (Lipinski definition) is 3. The van der Waals surface area contributed by atoms with Crippen molar-refractivity contribution < 1.29 is 23.6 Å². The maximum absolute atomic E-state index is 13.0. The fourth-order valence-electron chi connectivity index (χ4n) is 2.29. The molecule has 1 aliphatic heterocycles. The Bertz CT molecular complexity index is 565. The van der Waals surface area contributed by atoms with Crippen molar-refractivity contribution in [3.8, 4) is 0 Å². The Kier molecular flexibility index (Phi) is 6.76. The number of halogens is 2. The van der Waals surface area contributed by atoms with Crippen LogP contribution in [0, 0.1) is 5.82 Å². The van der Waals surface area contributed by atoms with Gasteiger partial charge >= 0.3 is 11.8 Å². The van der Waals surface area contributed by atoms with E-state index in [0.29, 0.717) is 6.54 Å². The molecule has 0 bridgehead atoms. The van der Waals surface area contributed by atoms with Gasteiger partial charge < -0.3 is 20.3 Å². The Morgan fingerprint density at radius 2 is 2.00 bits per heavy atom. The SMILES string of the molecule is O=C(NCCC[NH+]1CCOCC1)C(=O)Nc1ccc(F)c(Cl)c1. The van der Waals surface area contributed by atoms with Crippen LogP contribution >= 0.6 is 11.6 Å². The van der Waals surface area contributed by atoms with Crippen molar-refractivity contribution in [2.45, 2.75) is 6.42 Å². The van der Waals surface area contributed by atoms with Gasteiger partial charge in [-0.05, 0) is 18.2 Å². The summed E-state index contributed by atoms with van der Waals surface area (Å²) in [4.78, 5) is 24.9. The van der Waals surface area contributed by atoms with Crippen molar-refractivity contribution >= 4 is 29.1 Å². The largest absolute Gasteiger partial charge is 0.370 e. The van der Waals surface area contributed by atoms with Gasteiger partial charge in [-0.25, -0.2) is 4.39 Å². The fourth-order valence-corrected chi connectivity index (χ4v) is 2.47. The van der Waals surface area contributed by atoms with Crippen LogP contribution in [0.2, 0.25) is 5.02 Å². The maximum atomic E-state index is 13.0. The van der Waals surface area contributed by atoms with E-state index in [1.54, 1.807) is 0 Å². The summed E-state index contributed by atoms with van der Waals surface area (Å²) in [6, 6.07) is 3.72. The molecule has 1 aromatic rings. The van der Waals surface area contributed by atoms with Crippen molar-refractivity contribution in [1.29, 1.82) is 0 Å². The predicted molar refractivity (Wildman–Crippen MR) is 84.0 cm³/mol. The highest BCUT2D eigenvalue weighted by Gasteiger charge is 2.16. The lowest BCUT2D eigenvalue weighted by molar-refractivity contribution is -0.908. The molecule has 2 amide bonds. The highest BCUT2D eigenvalue weighted by Crippen LogP contribution is 2.19. The maximum Gasteiger partial charge on any atom is 0.313 e. The number of ether oxygens (including phenoxy) is 1. The zero-order chi connectivity index (χ0) is 16.7. The van der Waals surface area contributed by atoms with Gasteiger partial charge in [-0.3, -0.25) is 9.59 Å². The van der Waals surface area contributed by atoms with E-state index in [0.717, 1.165) is 45.3 Å². The van der Waals surface area contributed by atoms with Crippen LogP contribution in [0.15, 0.2) is 18.2 Å². The normalized spacial score (nSPS) is 15.2. The lowest BCUT2D eigenvalue weighted by Gasteiger charge is -2.23. The van der Waals surface area contributed by atoms with Crippen LogP contribution in [0.4, 0.5) is 10.1 Å². The molecule has 1 aliphatic rings. The highest BCUT2D eigenvalue weighted by atomic mass is 35.5. The Morgan fingerprint density at radius 1 is 1.26 bits per heavy atom. The fraction of sp³-hybridized carbons (Fsp3) is 0.467. The summed E-state index contributed by atoms with van der Waals surface area (Å²) in [7, 11) is 0. The summed E-state index contributed by atoms with van der Waals surface area (Å²) in [6.07, 6.45) is 0.788. The van der Waals surface area contributed by atoms with Gasteiger partial charge in [0.15, 0.2) is 0 Å². The van der Waals surface area contributed by atoms with Gasteiger partial charge in [0.1, 0.15) is 18.9 Å². The van der Waals surface area contributed by atoms with Crippen LogP contribution in [0.3, 0.4) is 0 Å². The van der Waals surface area contributed by atoms with E-state index in [-0.39, 0.29) is 10.7 Å². The molecular weight excluding hydrogens is 325 g/mol. The summed E-state index contributed by atoms with van der Waals surface area (Å²) in [5.74, 6) is -2.10. The zero-order valence-electron chi connectivity index (χ0n) is 12.7. The van der Waals surface area contributed by atoms with E-state index in [9.17, 15) is 14.0 Å². The van der Waals surface area contributed by atoms with Gasteiger partial charge in [0.25, 0.3) is 0 Å². The minimum absolute atomic E-state index is 0.114. The molecule has 0 saturated carbocycles. The second kappa shape index (κ2) is 8.81. The summed E-state index contributed by atoms with van der Waals surface area (Å²) < 4.78 is 18.3. The first-order chi connectivity index (χ1) is 11.1. The van der Waals surface area contributed by atoms with Crippen molar-refractivity contribution in [3.05, 3.63) is 29.0 Å². The molecule has 1 heterocycles. The molecule has 0 atom stereocenters. The molecule has 8 heteroatoms. The Balaban J connectivity index is 1.68. The van der Waals surface area contributed by atoms with Crippen LogP contribution in [0.5, 0.6) is 0 Å². The molecule has 0 radical (unpaired) electrons. The molecule has 0 spiro atoms. The number of rotatable bonds is 5. The van der Waals surface area contributed by atoms with Gasteiger partial charge in [-0.15, -0.1) is 0 Å². The smallest absolute Gasteiger partial charge is 0.313 e. The molecule has 0 unspecified atom stereocenters. The lowest BCUT2D eigenvalue weighted by Crippen LogP contribution is -3.14. The van der Waals surface area contributed by atoms with Crippen LogP contribution in [0.25, 0.3) is 0 Å². The molecule has 1 saturated heterocycles. The molecule has 6 nitrogen and oxygen atoms in total. The number of carbonyl (C=O) groups is 2. The van der Waals surface area contributed by atoms with E-state index in [1.807, 2.05) is 0 Å². The molecule has 126 valence electrons. The molecule has 0 aliphatic carbocycles. The molecule has 0 aromatic heterocycles. The number of hydrogen-bond acceptors (Lipinski definition) is 3. The number of benzene rings is 1. The van der Waals surface area contributed by atoms with Crippen molar-refractivity contribution in [1.82, 2.24) is 5.32 Å². The average Bonchev–Trinajstić information content (AvgIpc) is 2.55. The third-order valence-electron chi connectivity index (χ3n) is 3.58. The van der Waals surface area contributed by atoms with E-state index < -0.39 is 17.6 Å². The molecule has 2 rings (SSSR count). The minimum Gasteiger partial charge on any atom is -0.370 e. The summed E-state index contributed by atoms with van der Waals surface area (Å²) >= 11 is 5.61. The molecule has 1 aromatic carbocycles. The van der Waals surface area contributed by atoms with Gasteiger partial charge in [0.05, 0.1) is 24.8 Å². The number of nitrogens with one attached hydrogen (secondary N) is 3. The lowest BCUT2D eigenvalue weighted by atomic mass is 10.3. The molecule has 3 N–H and O–H groups in total. The van der Waals surface area contributed by atoms with Crippen LogP contribution in [-0.2, 0) is 14.3 Å². The monoisotopic (exact) mass is 344 g/mol. The summed E-state index contributed by atoms with van der Waals surface area (Å²) in [5, 5.41) is 4.83. The van der Waals surface area contributed by atoms with Crippen molar-refractivity contribution in [2.75, 3.05) is 44.7 Å². The zero-order valence-corrected chi connectivity index (χ0v) is 13.4. The first-order valence-electron chi connectivity index (χ1n) is 7.52. The number of anilines is 1. The van der Waals surface area contributed by atoms with Gasteiger partial charge in [-0.2, -0.15) is 0 Å². The van der Waals surface area contributed by atoms with E-state index in [4.69, 9.17) is 16.3 Å². The molecule has 1 fully saturated rings. The van der Waals surface area contributed by atoms with Gasteiger partial charge in [0.2, 0.25) is 0 Å². The standard InChI is InChI=1S/C15H19ClFN3O3/c16-12-10-11(2-3-13(12)17)19-15(22)14(21)18-4-1-5-20-6-8-23-9-7-20/h2-3,10H,1,4-9H2,(H,18,21)(H,19,22)/p+1. The third kappa shape index (κ3) is 5.78. The minimum atomic E-state index is -0.800. The number of amides is 2. The predicted octanol–water partition coefficient (Wildman–Crippen LogP) is -0.161. The highest BCUT2D eigenvalue weighted by molar-refractivity contribution is 6.39. The van der Waals surface area contributed by atoms with Crippen molar-refractivity contribution in [2.24, 2.45) is 0 Å². The summed E-state index contributed by atoms with van der Waals surface area (Å²) in [5.41, 5.74) is 0.273. The van der Waals surface area contributed by atoms with E-state index in [1.165, 1.54) is 17.0 Å². The molecule has 23 heavy (non-hydrogen) atoms. The second-order valence-corrected chi connectivity index (χ2v) is 5.71. The number of quaternary nitrogens is 1. The summed E-state index contributed by atoms with van der Waals surface area (Å²) in [6.45, 7) is 4.84. The first kappa shape index (κ1) is 17.7. The topological polar surface area (TPSA) is 71.9 Å². The average molecular weight is 345 g/mol. The van der Waals surface area contributed by atoms with Gasteiger partial charge in [0, 0.05) is 18.7 Å². The second-order valence-electron chi connectivity index (χ2n) is 5.30. The van der Waals surface area contributed by atoms with E-state index >= 15 is 0 Å². The quantitative estimate of drug-likeness (QED) is 0.513.